The fraction of sp³-hybridized carbons (Fsp3) is 0.278. The van der Waals surface area contributed by atoms with Gasteiger partial charge in [-0.15, -0.1) is 0 Å². The van der Waals surface area contributed by atoms with Crippen molar-refractivity contribution >= 4 is 21.6 Å². The lowest BCUT2D eigenvalue weighted by Crippen LogP contribution is -2.23. The summed E-state index contributed by atoms with van der Waals surface area (Å²) in [5.74, 6) is 0.592. The summed E-state index contributed by atoms with van der Waals surface area (Å²) in [5, 5.41) is 0. The molecule has 0 fully saturated rings. The molecule has 26 heavy (non-hydrogen) atoms. The number of benzene rings is 2. The van der Waals surface area contributed by atoms with Gasteiger partial charge >= 0.3 is 0 Å². The van der Waals surface area contributed by atoms with Gasteiger partial charge in [0.2, 0.25) is 5.91 Å². The van der Waals surface area contributed by atoms with Crippen molar-refractivity contribution in [3.8, 4) is 11.5 Å². The van der Waals surface area contributed by atoms with Gasteiger partial charge < -0.3 is 14.4 Å². The van der Waals surface area contributed by atoms with Crippen LogP contribution >= 0.6 is 0 Å². The molecule has 0 heterocycles. The molecule has 0 aliphatic carbocycles. The Morgan fingerprint density at radius 2 is 1.69 bits per heavy atom. The summed E-state index contributed by atoms with van der Waals surface area (Å²) in [7, 11) is 2.36. The highest BCUT2D eigenvalue weighted by Crippen LogP contribution is 2.29. The van der Waals surface area contributed by atoms with Crippen LogP contribution in [0.15, 0.2) is 47.4 Å². The molecule has 0 atom stereocenters. The Bertz CT molecular complexity index is 877. The van der Waals surface area contributed by atoms with Gasteiger partial charge in [0, 0.05) is 25.8 Å². The highest BCUT2D eigenvalue weighted by molar-refractivity contribution is 7.92. The first-order chi connectivity index (χ1) is 12.3. The summed E-state index contributed by atoms with van der Waals surface area (Å²) in [5.41, 5.74) is 1.18. The van der Waals surface area contributed by atoms with E-state index in [4.69, 9.17) is 9.47 Å². The minimum absolute atomic E-state index is 0.0220. The Labute approximate surface area is 153 Å². The molecule has 8 heteroatoms. The number of amides is 1. The maximum Gasteiger partial charge on any atom is 0.265 e. The molecule has 1 amide bonds. The number of hydrogen-bond acceptors (Lipinski definition) is 5. The molecule has 0 saturated carbocycles. The lowest BCUT2D eigenvalue weighted by molar-refractivity contribution is -0.127. The summed E-state index contributed by atoms with van der Waals surface area (Å²) in [4.78, 5) is 13.2. The fourth-order valence-corrected chi connectivity index (χ4v) is 3.47. The first kappa shape index (κ1) is 19.6. The van der Waals surface area contributed by atoms with Crippen LogP contribution in [0, 0.1) is 0 Å². The first-order valence-electron chi connectivity index (χ1n) is 7.80. The van der Waals surface area contributed by atoms with Crippen LogP contribution in [0.4, 0.5) is 5.69 Å². The summed E-state index contributed by atoms with van der Waals surface area (Å²) in [6.45, 7) is 0. The molecule has 0 unspecified atom stereocenters. The Kier molecular flexibility index (Phi) is 6.10. The van der Waals surface area contributed by atoms with Crippen LogP contribution in [-0.2, 0) is 21.2 Å². The largest absolute Gasteiger partial charge is 0.497 e. The predicted octanol–water partition coefficient (Wildman–Crippen LogP) is 2.14. The highest BCUT2D eigenvalue weighted by Gasteiger charge is 2.21. The van der Waals surface area contributed by atoms with Gasteiger partial charge in [0.15, 0.2) is 0 Å². The minimum Gasteiger partial charge on any atom is -0.497 e. The number of carbonyl (C=O) groups excluding carboxylic acids is 1. The van der Waals surface area contributed by atoms with E-state index < -0.39 is 10.0 Å². The molecule has 7 nitrogen and oxygen atoms in total. The van der Waals surface area contributed by atoms with Gasteiger partial charge in [0.1, 0.15) is 16.4 Å². The quantitative estimate of drug-likeness (QED) is 0.798. The molecule has 2 aromatic rings. The van der Waals surface area contributed by atoms with Crippen LogP contribution in [0.5, 0.6) is 11.5 Å². The zero-order valence-electron chi connectivity index (χ0n) is 15.1. The van der Waals surface area contributed by atoms with E-state index in [0.29, 0.717) is 11.4 Å². The molecule has 0 spiro atoms. The van der Waals surface area contributed by atoms with Gasteiger partial charge in [-0.1, -0.05) is 12.1 Å². The van der Waals surface area contributed by atoms with Crippen molar-refractivity contribution in [3.05, 3.63) is 48.0 Å². The van der Waals surface area contributed by atoms with Crippen LogP contribution in [0.25, 0.3) is 0 Å². The van der Waals surface area contributed by atoms with E-state index in [-0.39, 0.29) is 23.0 Å². The molecule has 1 N–H and O–H groups in total. The summed E-state index contributed by atoms with van der Waals surface area (Å²) < 4.78 is 38.1. The second kappa shape index (κ2) is 8.09. The zero-order valence-corrected chi connectivity index (χ0v) is 16.0. The average Bonchev–Trinajstić information content (AvgIpc) is 2.62. The highest BCUT2D eigenvalue weighted by atomic mass is 32.2. The van der Waals surface area contributed by atoms with E-state index in [2.05, 4.69) is 4.72 Å². The number of anilines is 1. The van der Waals surface area contributed by atoms with Crippen molar-refractivity contribution < 1.29 is 22.7 Å². The molecule has 0 saturated heterocycles. The summed E-state index contributed by atoms with van der Waals surface area (Å²) in [6.07, 6.45) is 0.254. The van der Waals surface area contributed by atoms with Gasteiger partial charge in [0.05, 0.1) is 20.6 Å². The number of nitrogens with zero attached hydrogens (tertiary/aromatic N) is 1. The molecule has 0 radical (unpaired) electrons. The molecule has 2 rings (SSSR count). The molecule has 0 aromatic heterocycles. The van der Waals surface area contributed by atoms with Gasteiger partial charge in [-0.05, 0) is 29.8 Å². The Morgan fingerprint density at radius 1 is 1.04 bits per heavy atom. The lowest BCUT2D eigenvalue weighted by atomic mass is 10.1. The van der Waals surface area contributed by atoms with E-state index in [9.17, 15) is 13.2 Å². The summed E-state index contributed by atoms with van der Waals surface area (Å²) in [6, 6.07) is 11.2. The maximum absolute atomic E-state index is 12.7. The van der Waals surface area contributed by atoms with Crippen molar-refractivity contribution in [2.45, 2.75) is 11.3 Å². The van der Waals surface area contributed by atoms with Crippen molar-refractivity contribution in [1.82, 2.24) is 4.90 Å². The average molecular weight is 378 g/mol. The molecule has 2 aromatic carbocycles. The number of hydrogen-bond donors (Lipinski definition) is 1. The van der Waals surface area contributed by atoms with Gasteiger partial charge in [-0.3, -0.25) is 9.52 Å². The number of rotatable bonds is 7. The standard InChI is InChI=1S/C18H22N2O5S/c1-20(2)18(21)11-13-5-7-14(8-6-13)19-26(22,23)17-12-15(24-3)9-10-16(17)25-4/h5-10,12,19H,11H2,1-4H3. The molecular weight excluding hydrogens is 356 g/mol. The third-order valence-corrected chi connectivity index (χ3v) is 5.12. The SMILES string of the molecule is COc1ccc(OC)c(S(=O)(=O)Nc2ccc(CC(=O)N(C)C)cc2)c1. The van der Waals surface area contributed by atoms with Crippen molar-refractivity contribution in [1.29, 1.82) is 0 Å². The first-order valence-corrected chi connectivity index (χ1v) is 9.29. The Hall–Kier alpha value is -2.74. The van der Waals surface area contributed by atoms with Gasteiger partial charge in [-0.2, -0.15) is 0 Å². The molecule has 140 valence electrons. The van der Waals surface area contributed by atoms with E-state index in [1.165, 1.54) is 31.3 Å². The van der Waals surface area contributed by atoms with E-state index >= 15 is 0 Å². The zero-order chi connectivity index (χ0) is 19.3. The molecule has 0 aliphatic heterocycles. The molecular formula is C18H22N2O5S. The van der Waals surface area contributed by atoms with Crippen LogP contribution in [-0.4, -0.2) is 47.5 Å². The smallest absolute Gasteiger partial charge is 0.265 e. The monoisotopic (exact) mass is 378 g/mol. The number of likely N-dealkylation sites (N-methyl/N-ethyl adjacent to an activating group) is 1. The van der Waals surface area contributed by atoms with E-state index in [1.54, 1.807) is 44.4 Å². The predicted molar refractivity (Wildman–Crippen MR) is 99.2 cm³/mol. The number of ether oxygens (including phenoxy) is 2. The second-order valence-electron chi connectivity index (χ2n) is 5.78. The number of carbonyl (C=O) groups is 1. The van der Waals surface area contributed by atoms with E-state index in [0.717, 1.165) is 5.56 Å². The summed E-state index contributed by atoms with van der Waals surface area (Å²) >= 11 is 0. The number of sulfonamides is 1. The number of methoxy groups -OCH3 is 2. The third kappa shape index (κ3) is 4.66. The maximum atomic E-state index is 12.7. The van der Waals surface area contributed by atoms with Crippen LogP contribution < -0.4 is 14.2 Å². The normalized spacial score (nSPS) is 10.9. The van der Waals surface area contributed by atoms with Crippen molar-refractivity contribution in [2.24, 2.45) is 0 Å². The van der Waals surface area contributed by atoms with Gasteiger partial charge in [-0.25, -0.2) is 8.42 Å². The second-order valence-corrected chi connectivity index (χ2v) is 7.43. The van der Waals surface area contributed by atoms with Crippen molar-refractivity contribution in [2.75, 3.05) is 33.0 Å². The van der Waals surface area contributed by atoms with Gasteiger partial charge in [0.25, 0.3) is 10.0 Å². The third-order valence-electron chi connectivity index (χ3n) is 3.72. The van der Waals surface area contributed by atoms with Crippen LogP contribution in [0.3, 0.4) is 0 Å². The Balaban J connectivity index is 2.23. The number of nitrogens with one attached hydrogen (secondary N) is 1. The topological polar surface area (TPSA) is 84.9 Å². The molecule has 0 aliphatic rings. The van der Waals surface area contributed by atoms with Crippen LogP contribution in [0.1, 0.15) is 5.56 Å². The Morgan fingerprint density at radius 3 is 2.23 bits per heavy atom. The van der Waals surface area contributed by atoms with Crippen molar-refractivity contribution in [3.63, 3.8) is 0 Å². The van der Waals surface area contributed by atoms with Crippen LogP contribution in [0.2, 0.25) is 0 Å². The minimum atomic E-state index is -3.87. The van der Waals surface area contributed by atoms with E-state index in [1.807, 2.05) is 0 Å². The lowest BCUT2D eigenvalue weighted by Gasteiger charge is -2.13. The fourth-order valence-electron chi connectivity index (χ4n) is 2.23. The molecule has 0 bridgehead atoms.